The lowest BCUT2D eigenvalue weighted by molar-refractivity contribution is 0.620. The summed E-state index contributed by atoms with van der Waals surface area (Å²) in [5.74, 6) is -0.576. The van der Waals surface area contributed by atoms with Crippen LogP contribution in [0.1, 0.15) is 11.6 Å². The summed E-state index contributed by atoms with van der Waals surface area (Å²) in [5, 5.41) is 0.0650. The fourth-order valence-electron chi connectivity index (χ4n) is 0.925. The molecule has 0 fully saturated rings. The minimum absolute atomic E-state index is 0.0883. The quantitative estimate of drug-likeness (QED) is 0.754. The van der Waals surface area contributed by atoms with Gasteiger partial charge in [0.25, 0.3) is 0 Å². The van der Waals surface area contributed by atoms with Crippen LogP contribution in [-0.4, -0.2) is 6.54 Å². The Kier molecular flexibility index (Phi) is 3.50. The molecule has 0 radical (unpaired) electrons. The molecule has 2 nitrogen and oxygen atoms in total. The molecular formula is C8H9Cl2FN2. The molecule has 4 N–H and O–H groups in total. The van der Waals surface area contributed by atoms with Crippen LogP contribution in [0.15, 0.2) is 12.1 Å². The van der Waals surface area contributed by atoms with Gasteiger partial charge in [-0.15, -0.1) is 0 Å². The Bertz CT molecular complexity index is 294. The van der Waals surface area contributed by atoms with Gasteiger partial charge in [0.1, 0.15) is 5.82 Å². The van der Waals surface area contributed by atoms with E-state index in [-0.39, 0.29) is 16.6 Å². The van der Waals surface area contributed by atoms with Gasteiger partial charge in [0.15, 0.2) is 0 Å². The highest BCUT2D eigenvalue weighted by Gasteiger charge is 2.10. The Morgan fingerprint density at radius 2 is 2.00 bits per heavy atom. The largest absolute Gasteiger partial charge is 0.329 e. The van der Waals surface area contributed by atoms with E-state index in [4.69, 9.17) is 34.7 Å². The highest BCUT2D eigenvalue weighted by molar-refractivity contribution is 6.42. The third-order valence-corrected chi connectivity index (χ3v) is 2.47. The van der Waals surface area contributed by atoms with E-state index in [1.165, 1.54) is 12.1 Å². The van der Waals surface area contributed by atoms with Gasteiger partial charge in [-0.1, -0.05) is 23.2 Å². The van der Waals surface area contributed by atoms with Crippen molar-refractivity contribution in [1.82, 2.24) is 0 Å². The van der Waals surface area contributed by atoms with Crippen molar-refractivity contribution in [3.8, 4) is 0 Å². The average molecular weight is 223 g/mol. The van der Waals surface area contributed by atoms with Crippen LogP contribution >= 0.6 is 23.2 Å². The van der Waals surface area contributed by atoms with Gasteiger partial charge < -0.3 is 11.5 Å². The molecule has 5 heteroatoms. The maximum absolute atomic E-state index is 13.0. The zero-order valence-corrected chi connectivity index (χ0v) is 8.24. The number of halogens is 3. The predicted molar refractivity (Wildman–Crippen MR) is 52.4 cm³/mol. The molecular weight excluding hydrogens is 214 g/mol. The van der Waals surface area contributed by atoms with Crippen LogP contribution in [0, 0.1) is 5.82 Å². The molecule has 0 amide bonds. The molecule has 13 heavy (non-hydrogen) atoms. The van der Waals surface area contributed by atoms with E-state index < -0.39 is 11.9 Å². The Morgan fingerprint density at radius 1 is 1.38 bits per heavy atom. The van der Waals surface area contributed by atoms with E-state index >= 15 is 0 Å². The molecule has 0 bridgehead atoms. The first kappa shape index (κ1) is 10.7. The lowest BCUT2D eigenvalue weighted by Gasteiger charge is -2.10. The van der Waals surface area contributed by atoms with Crippen LogP contribution in [0.5, 0.6) is 0 Å². The molecule has 0 aliphatic carbocycles. The fourth-order valence-corrected chi connectivity index (χ4v) is 1.25. The summed E-state index contributed by atoms with van der Waals surface area (Å²) < 4.78 is 13.0. The maximum atomic E-state index is 13.0. The standard InChI is InChI=1S/C8H9Cl2FN2/c9-5-1-4(7(13)3-12)2-6(11)8(5)10/h1-2,7H,3,12-13H2. The van der Waals surface area contributed by atoms with Crippen LogP contribution in [-0.2, 0) is 0 Å². The summed E-state index contributed by atoms with van der Waals surface area (Å²) >= 11 is 11.2. The second kappa shape index (κ2) is 4.24. The third kappa shape index (κ3) is 2.31. The highest BCUT2D eigenvalue weighted by atomic mass is 35.5. The molecule has 1 rings (SSSR count). The number of nitrogens with two attached hydrogens (primary N) is 2. The Morgan fingerprint density at radius 3 is 2.46 bits per heavy atom. The normalized spacial score (nSPS) is 13.0. The predicted octanol–water partition coefficient (Wildman–Crippen LogP) is 2.09. The molecule has 0 aliphatic heterocycles. The summed E-state index contributed by atoms with van der Waals surface area (Å²) in [6, 6.07) is 2.35. The molecule has 1 aromatic carbocycles. The van der Waals surface area contributed by atoms with Crippen molar-refractivity contribution in [3.05, 3.63) is 33.6 Å². The minimum Gasteiger partial charge on any atom is -0.329 e. The second-order valence-corrected chi connectivity index (χ2v) is 3.43. The lowest BCUT2D eigenvalue weighted by atomic mass is 10.1. The molecule has 0 aliphatic rings. The molecule has 0 spiro atoms. The van der Waals surface area contributed by atoms with Crippen molar-refractivity contribution >= 4 is 23.2 Å². The van der Waals surface area contributed by atoms with Gasteiger partial charge in [-0.25, -0.2) is 4.39 Å². The monoisotopic (exact) mass is 222 g/mol. The van der Waals surface area contributed by atoms with E-state index in [2.05, 4.69) is 0 Å². The van der Waals surface area contributed by atoms with Crippen molar-refractivity contribution in [1.29, 1.82) is 0 Å². The summed E-state index contributed by atoms with van der Waals surface area (Å²) in [6.07, 6.45) is 0. The minimum atomic E-state index is -0.576. The van der Waals surface area contributed by atoms with Crippen molar-refractivity contribution in [2.45, 2.75) is 6.04 Å². The van der Waals surface area contributed by atoms with Crippen molar-refractivity contribution in [3.63, 3.8) is 0 Å². The third-order valence-electron chi connectivity index (χ3n) is 1.69. The molecule has 1 atom stereocenters. The maximum Gasteiger partial charge on any atom is 0.143 e. The van der Waals surface area contributed by atoms with Gasteiger partial charge in [0, 0.05) is 12.6 Å². The van der Waals surface area contributed by atoms with Gasteiger partial charge in [-0.2, -0.15) is 0 Å². The smallest absolute Gasteiger partial charge is 0.143 e. The van der Waals surface area contributed by atoms with E-state index in [1.54, 1.807) is 0 Å². The first-order valence-corrected chi connectivity index (χ1v) is 4.42. The molecule has 0 aromatic heterocycles. The summed E-state index contributed by atoms with van der Waals surface area (Å²) in [6.45, 7) is 0.234. The first-order valence-electron chi connectivity index (χ1n) is 3.66. The Hall–Kier alpha value is -0.350. The van der Waals surface area contributed by atoms with E-state index in [9.17, 15) is 4.39 Å². The zero-order valence-electron chi connectivity index (χ0n) is 6.73. The fraction of sp³-hybridized carbons (Fsp3) is 0.250. The highest BCUT2D eigenvalue weighted by Crippen LogP contribution is 2.27. The van der Waals surface area contributed by atoms with Crippen LogP contribution < -0.4 is 11.5 Å². The van der Waals surface area contributed by atoms with Gasteiger partial charge in [-0.3, -0.25) is 0 Å². The van der Waals surface area contributed by atoms with Gasteiger partial charge in [0.05, 0.1) is 10.0 Å². The molecule has 0 saturated carbocycles. The van der Waals surface area contributed by atoms with Crippen LogP contribution in [0.4, 0.5) is 4.39 Å². The molecule has 1 aromatic rings. The number of hydrogen-bond donors (Lipinski definition) is 2. The van der Waals surface area contributed by atoms with Crippen molar-refractivity contribution in [2.24, 2.45) is 11.5 Å². The van der Waals surface area contributed by atoms with Gasteiger partial charge in [-0.05, 0) is 17.7 Å². The zero-order chi connectivity index (χ0) is 10.0. The molecule has 72 valence electrons. The number of benzene rings is 1. The number of hydrogen-bond acceptors (Lipinski definition) is 2. The average Bonchev–Trinajstić information content (AvgIpc) is 2.12. The van der Waals surface area contributed by atoms with Crippen LogP contribution in [0.2, 0.25) is 10.0 Å². The second-order valence-electron chi connectivity index (χ2n) is 2.64. The van der Waals surface area contributed by atoms with E-state index in [0.29, 0.717) is 5.56 Å². The first-order chi connectivity index (χ1) is 6.06. The molecule has 1 unspecified atom stereocenters. The van der Waals surface area contributed by atoms with E-state index in [1.807, 2.05) is 0 Å². The number of rotatable bonds is 2. The summed E-state index contributed by atoms with van der Waals surface area (Å²) in [7, 11) is 0. The van der Waals surface area contributed by atoms with Crippen LogP contribution in [0.25, 0.3) is 0 Å². The van der Waals surface area contributed by atoms with Gasteiger partial charge in [0.2, 0.25) is 0 Å². The van der Waals surface area contributed by atoms with Crippen molar-refractivity contribution in [2.75, 3.05) is 6.54 Å². The van der Waals surface area contributed by atoms with Crippen molar-refractivity contribution < 1.29 is 4.39 Å². The Balaban J connectivity index is 3.13. The Labute approximate surface area is 85.6 Å². The summed E-state index contributed by atoms with van der Waals surface area (Å²) in [5.41, 5.74) is 11.5. The lowest BCUT2D eigenvalue weighted by Crippen LogP contribution is -2.20. The SMILES string of the molecule is NCC(N)c1cc(F)c(Cl)c(Cl)c1. The summed E-state index contributed by atoms with van der Waals surface area (Å²) in [4.78, 5) is 0. The molecule has 0 saturated heterocycles. The van der Waals surface area contributed by atoms with Gasteiger partial charge >= 0.3 is 0 Å². The van der Waals surface area contributed by atoms with Crippen LogP contribution in [0.3, 0.4) is 0 Å². The molecule has 0 heterocycles. The van der Waals surface area contributed by atoms with E-state index in [0.717, 1.165) is 0 Å². The topological polar surface area (TPSA) is 52.0 Å².